The number of hydrogen-bond acceptors (Lipinski definition) is 8. The van der Waals surface area contributed by atoms with Crippen LogP contribution in [0.4, 0.5) is 11.4 Å². The minimum atomic E-state index is -0.215. The molecule has 0 spiro atoms. The van der Waals surface area contributed by atoms with Crippen LogP contribution in [0.25, 0.3) is 0 Å². The number of benzene rings is 2. The molecule has 34 heavy (non-hydrogen) atoms. The maximum absolute atomic E-state index is 13.1. The van der Waals surface area contributed by atoms with Crippen LogP contribution < -0.4 is 10.3 Å². The van der Waals surface area contributed by atoms with E-state index in [9.17, 15) is 4.79 Å². The van der Waals surface area contributed by atoms with E-state index in [1.54, 1.807) is 11.8 Å². The Labute approximate surface area is 203 Å². The first kappa shape index (κ1) is 22.6. The molecule has 0 radical (unpaired) electrons. The standard InChI is InChI=1S/C25H28N6O2S/c1-17-23(28-27-20-10-6-7-11-21(20)30-12-14-33-15-13-30)25(32)31(29-17)16-22-26-24(18(2)34-22)19-8-4-3-5-9-19/h3-11,18,24,27H,12-16H2,1-2H3/b28-23+/t18?,24-/m1/s1. The third-order valence-corrected chi connectivity index (χ3v) is 7.21. The van der Waals surface area contributed by atoms with Gasteiger partial charge in [-0.3, -0.25) is 15.2 Å². The van der Waals surface area contributed by atoms with Crippen molar-refractivity contribution in [2.75, 3.05) is 43.2 Å². The summed E-state index contributed by atoms with van der Waals surface area (Å²) in [5, 5.41) is 11.6. The zero-order valence-corrected chi connectivity index (χ0v) is 20.2. The fraction of sp³-hybridized carbons (Fsp3) is 0.360. The Bertz CT molecular complexity index is 1140. The number of para-hydroxylation sites is 2. The summed E-state index contributed by atoms with van der Waals surface area (Å²) < 4.78 is 5.47. The second kappa shape index (κ2) is 9.99. The van der Waals surface area contributed by atoms with E-state index in [0.29, 0.717) is 36.4 Å². The highest BCUT2D eigenvalue weighted by atomic mass is 32.2. The first-order chi connectivity index (χ1) is 16.6. The molecule has 5 rings (SSSR count). The lowest BCUT2D eigenvalue weighted by Gasteiger charge is -2.30. The van der Waals surface area contributed by atoms with Gasteiger partial charge in [0.2, 0.25) is 0 Å². The Balaban J connectivity index is 1.28. The van der Waals surface area contributed by atoms with Crippen molar-refractivity contribution in [3.05, 3.63) is 60.2 Å². The lowest BCUT2D eigenvalue weighted by Crippen LogP contribution is -2.36. The van der Waals surface area contributed by atoms with Crippen molar-refractivity contribution < 1.29 is 9.53 Å². The highest BCUT2D eigenvalue weighted by Crippen LogP contribution is 2.37. The van der Waals surface area contributed by atoms with Gasteiger partial charge in [-0.05, 0) is 24.6 Å². The number of hydrogen-bond donors (Lipinski definition) is 1. The number of thioether (sulfide) groups is 1. The summed E-state index contributed by atoms with van der Waals surface area (Å²) in [6.07, 6.45) is 0. The van der Waals surface area contributed by atoms with Gasteiger partial charge in [0.05, 0.1) is 47.9 Å². The van der Waals surface area contributed by atoms with E-state index < -0.39 is 0 Å². The Morgan fingerprint density at radius 3 is 2.65 bits per heavy atom. The molecule has 3 aliphatic heterocycles. The van der Waals surface area contributed by atoms with Crippen molar-refractivity contribution in [2.45, 2.75) is 25.1 Å². The molecule has 8 nitrogen and oxygen atoms in total. The lowest BCUT2D eigenvalue weighted by molar-refractivity contribution is -0.122. The summed E-state index contributed by atoms with van der Waals surface area (Å²) in [6.45, 7) is 7.39. The van der Waals surface area contributed by atoms with Gasteiger partial charge in [0.1, 0.15) is 0 Å². The Hall–Kier alpha value is -3.17. The number of carbonyl (C=O) groups excluding carboxylic acids is 1. The highest BCUT2D eigenvalue weighted by Gasteiger charge is 2.34. The molecule has 1 N–H and O–H groups in total. The smallest absolute Gasteiger partial charge is 0.296 e. The molecule has 2 aromatic carbocycles. The Morgan fingerprint density at radius 1 is 1.12 bits per heavy atom. The molecule has 1 saturated heterocycles. The zero-order valence-electron chi connectivity index (χ0n) is 19.3. The Kier molecular flexibility index (Phi) is 6.64. The van der Waals surface area contributed by atoms with Gasteiger partial charge >= 0.3 is 0 Å². The van der Waals surface area contributed by atoms with Crippen molar-refractivity contribution in [1.29, 1.82) is 0 Å². The first-order valence-electron chi connectivity index (χ1n) is 11.5. The monoisotopic (exact) mass is 476 g/mol. The number of ether oxygens (including phenoxy) is 1. The average molecular weight is 477 g/mol. The third kappa shape index (κ3) is 4.71. The molecule has 0 aromatic heterocycles. The molecule has 1 amide bonds. The highest BCUT2D eigenvalue weighted by molar-refractivity contribution is 8.14. The summed E-state index contributed by atoms with van der Waals surface area (Å²) in [4.78, 5) is 20.2. The predicted molar refractivity (Wildman–Crippen MR) is 139 cm³/mol. The van der Waals surface area contributed by atoms with Crippen molar-refractivity contribution >= 4 is 45.5 Å². The largest absolute Gasteiger partial charge is 0.378 e. The quantitative estimate of drug-likeness (QED) is 0.642. The molecule has 3 heterocycles. The maximum Gasteiger partial charge on any atom is 0.296 e. The van der Waals surface area contributed by atoms with Crippen LogP contribution in [0, 0.1) is 0 Å². The summed E-state index contributed by atoms with van der Waals surface area (Å²) >= 11 is 1.70. The van der Waals surface area contributed by atoms with Gasteiger partial charge in [-0.25, -0.2) is 5.01 Å². The molecule has 1 fully saturated rings. The number of nitrogens with one attached hydrogen (secondary N) is 1. The lowest BCUT2D eigenvalue weighted by atomic mass is 10.1. The van der Waals surface area contributed by atoms with Crippen LogP contribution in [-0.4, -0.2) is 65.5 Å². The minimum absolute atomic E-state index is 0.0930. The number of nitrogens with zero attached hydrogens (tertiary/aromatic N) is 5. The van der Waals surface area contributed by atoms with Crippen LogP contribution in [0.3, 0.4) is 0 Å². The van der Waals surface area contributed by atoms with Gasteiger partial charge in [0.15, 0.2) is 5.71 Å². The third-order valence-electron chi connectivity index (χ3n) is 6.07. The molecule has 176 valence electrons. The van der Waals surface area contributed by atoms with Crippen molar-refractivity contribution in [2.24, 2.45) is 15.2 Å². The second-order valence-corrected chi connectivity index (χ2v) is 9.89. The molecular weight excluding hydrogens is 448 g/mol. The summed E-state index contributed by atoms with van der Waals surface area (Å²) in [6, 6.07) is 18.3. The second-order valence-electron chi connectivity index (χ2n) is 8.44. The van der Waals surface area contributed by atoms with E-state index in [2.05, 4.69) is 45.7 Å². The van der Waals surface area contributed by atoms with Gasteiger partial charge in [-0.15, -0.1) is 11.8 Å². The van der Waals surface area contributed by atoms with Crippen LogP contribution in [0.1, 0.15) is 25.5 Å². The Morgan fingerprint density at radius 2 is 1.85 bits per heavy atom. The van der Waals surface area contributed by atoms with Gasteiger partial charge in [0, 0.05) is 18.3 Å². The SMILES string of the molecule is CC1=NN(CC2=N[C@@H](c3ccccc3)C(C)S2)C(=O)/C1=N/Nc1ccccc1N1CCOCC1. The van der Waals surface area contributed by atoms with Crippen molar-refractivity contribution in [1.82, 2.24) is 5.01 Å². The summed E-state index contributed by atoms with van der Waals surface area (Å²) in [7, 11) is 0. The molecule has 0 aliphatic carbocycles. The molecule has 1 unspecified atom stereocenters. The van der Waals surface area contributed by atoms with Gasteiger partial charge in [0.25, 0.3) is 5.91 Å². The van der Waals surface area contributed by atoms with E-state index in [1.807, 2.05) is 43.3 Å². The van der Waals surface area contributed by atoms with Crippen molar-refractivity contribution in [3.8, 4) is 0 Å². The van der Waals surface area contributed by atoms with E-state index in [4.69, 9.17) is 9.73 Å². The average Bonchev–Trinajstić information content (AvgIpc) is 3.37. The van der Waals surface area contributed by atoms with Gasteiger partial charge < -0.3 is 9.64 Å². The van der Waals surface area contributed by atoms with E-state index in [0.717, 1.165) is 29.5 Å². The van der Waals surface area contributed by atoms with Gasteiger partial charge in [-0.2, -0.15) is 10.2 Å². The number of amides is 1. The molecular formula is C25H28N6O2S. The maximum atomic E-state index is 13.1. The summed E-state index contributed by atoms with van der Waals surface area (Å²) in [5.74, 6) is -0.215. The van der Waals surface area contributed by atoms with Crippen molar-refractivity contribution in [3.63, 3.8) is 0 Å². The van der Waals surface area contributed by atoms with E-state index in [1.165, 1.54) is 10.6 Å². The number of carbonyl (C=O) groups is 1. The van der Waals surface area contributed by atoms with Crippen LogP contribution in [0.5, 0.6) is 0 Å². The molecule has 2 atom stereocenters. The molecule has 0 bridgehead atoms. The number of aliphatic imine (C=N–C) groups is 1. The predicted octanol–water partition coefficient (Wildman–Crippen LogP) is 3.78. The normalized spacial score (nSPS) is 23.9. The summed E-state index contributed by atoms with van der Waals surface area (Å²) in [5.41, 5.74) is 7.12. The van der Waals surface area contributed by atoms with Crippen LogP contribution >= 0.6 is 11.8 Å². The van der Waals surface area contributed by atoms with E-state index >= 15 is 0 Å². The number of rotatable bonds is 6. The topological polar surface area (TPSA) is 81.9 Å². The molecule has 3 aliphatic rings. The molecule has 9 heteroatoms. The fourth-order valence-electron chi connectivity index (χ4n) is 4.32. The van der Waals surface area contributed by atoms with Crippen LogP contribution in [-0.2, 0) is 9.53 Å². The first-order valence-corrected chi connectivity index (χ1v) is 12.4. The molecule has 0 saturated carbocycles. The number of morpholine rings is 1. The zero-order chi connectivity index (χ0) is 23.5. The van der Waals surface area contributed by atoms with Crippen LogP contribution in [0.2, 0.25) is 0 Å². The van der Waals surface area contributed by atoms with Crippen LogP contribution in [0.15, 0.2) is 69.8 Å². The number of hydrazone groups is 2. The number of anilines is 2. The minimum Gasteiger partial charge on any atom is -0.378 e. The fourth-order valence-corrected chi connectivity index (χ4v) is 5.47. The van der Waals surface area contributed by atoms with E-state index in [-0.39, 0.29) is 11.9 Å². The molecule has 2 aromatic rings. The van der Waals surface area contributed by atoms with Gasteiger partial charge in [-0.1, -0.05) is 49.4 Å².